The van der Waals surface area contributed by atoms with Crippen molar-refractivity contribution in [1.82, 2.24) is 0 Å². The van der Waals surface area contributed by atoms with E-state index in [1.54, 1.807) is 7.11 Å². The Hall–Kier alpha value is -1.55. The molecule has 0 aromatic heterocycles. The van der Waals surface area contributed by atoms with Gasteiger partial charge in [-0.15, -0.1) is 0 Å². The quantitative estimate of drug-likeness (QED) is 0.803. The molecule has 1 aliphatic rings. The van der Waals surface area contributed by atoms with Crippen LogP contribution in [0.4, 0.5) is 0 Å². The third kappa shape index (κ3) is 2.00. The Labute approximate surface area is 101 Å². The minimum Gasteiger partial charge on any atom is -0.496 e. The van der Waals surface area contributed by atoms with E-state index in [0.29, 0.717) is 30.9 Å². The molecule has 1 aromatic carbocycles. The summed E-state index contributed by atoms with van der Waals surface area (Å²) in [7, 11) is 1.64. The van der Waals surface area contributed by atoms with Crippen molar-refractivity contribution in [2.45, 2.75) is 19.8 Å². The van der Waals surface area contributed by atoms with E-state index >= 15 is 0 Å². The Morgan fingerprint density at radius 3 is 3.00 bits per heavy atom. The van der Waals surface area contributed by atoms with Gasteiger partial charge in [0.2, 0.25) is 0 Å². The minimum absolute atomic E-state index is 0.0383. The van der Waals surface area contributed by atoms with Crippen molar-refractivity contribution in [3.63, 3.8) is 0 Å². The molecule has 1 heterocycles. The van der Waals surface area contributed by atoms with Gasteiger partial charge in [0.05, 0.1) is 19.3 Å². The Bertz CT molecular complexity index is 454. The second kappa shape index (κ2) is 4.75. The fourth-order valence-electron chi connectivity index (χ4n) is 2.26. The van der Waals surface area contributed by atoms with Crippen LogP contribution in [0.5, 0.6) is 11.5 Å². The summed E-state index contributed by atoms with van der Waals surface area (Å²) in [6.45, 7) is 2.91. The van der Waals surface area contributed by atoms with Gasteiger partial charge in [0.25, 0.3) is 0 Å². The van der Waals surface area contributed by atoms with E-state index in [1.807, 2.05) is 13.0 Å². The molecule has 0 aliphatic carbocycles. The first-order chi connectivity index (χ1) is 8.19. The summed E-state index contributed by atoms with van der Waals surface area (Å²) in [6.07, 6.45) is 1.14. The van der Waals surface area contributed by atoms with Crippen LogP contribution in [0.15, 0.2) is 6.07 Å². The Morgan fingerprint density at radius 2 is 2.35 bits per heavy atom. The smallest absolute Gasteiger partial charge is 0.167 e. The van der Waals surface area contributed by atoms with E-state index in [0.717, 1.165) is 23.3 Å². The monoisotopic (exact) mass is 235 g/mol. The lowest BCUT2D eigenvalue weighted by molar-refractivity contribution is 0.0982. The summed E-state index contributed by atoms with van der Waals surface area (Å²) in [6, 6.07) is 1.83. The second-order valence-electron chi connectivity index (χ2n) is 4.14. The highest BCUT2D eigenvalue weighted by Gasteiger charge is 2.25. The topological polar surface area (TPSA) is 61.5 Å². The first kappa shape index (κ1) is 11.9. The summed E-state index contributed by atoms with van der Waals surface area (Å²) in [5.74, 6) is 1.56. The molecular formula is C13H17NO3. The van der Waals surface area contributed by atoms with Crippen molar-refractivity contribution in [2.75, 3.05) is 20.3 Å². The zero-order valence-corrected chi connectivity index (χ0v) is 10.2. The summed E-state index contributed by atoms with van der Waals surface area (Å²) in [5.41, 5.74) is 8.04. The molecule has 0 atom stereocenters. The van der Waals surface area contributed by atoms with Crippen molar-refractivity contribution in [2.24, 2.45) is 5.73 Å². The molecule has 0 saturated carbocycles. The SMILES string of the molecule is COc1c(C)cc(C(=O)CCN)c2c1CCO2. The molecule has 17 heavy (non-hydrogen) atoms. The number of ketones is 1. The molecule has 0 spiro atoms. The van der Waals surface area contributed by atoms with Gasteiger partial charge in [-0.1, -0.05) is 0 Å². The lowest BCUT2D eigenvalue weighted by Crippen LogP contribution is -2.10. The second-order valence-corrected chi connectivity index (χ2v) is 4.14. The van der Waals surface area contributed by atoms with E-state index in [2.05, 4.69) is 0 Å². The number of hydrogen-bond acceptors (Lipinski definition) is 4. The maximum atomic E-state index is 12.0. The number of carbonyl (C=O) groups is 1. The maximum absolute atomic E-state index is 12.0. The standard InChI is InChI=1S/C13H17NO3/c1-8-7-10(11(15)3-5-14)13-9(4-6-17-13)12(8)16-2/h7H,3-6,14H2,1-2H3. The average molecular weight is 235 g/mol. The van der Waals surface area contributed by atoms with Gasteiger partial charge in [-0.3, -0.25) is 4.79 Å². The molecule has 0 unspecified atom stereocenters. The summed E-state index contributed by atoms with van der Waals surface area (Å²) >= 11 is 0. The highest BCUT2D eigenvalue weighted by molar-refractivity contribution is 6.00. The predicted molar refractivity (Wildman–Crippen MR) is 64.9 cm³/mol. The summed E-state index contributed by atoms with van der Waals surface area (Å²) in [4.78, 5) is 12.0. The van der Waals surface area contributed by atoms with Gasteiger partial charge in [-0.05, 0) is 25.1 Å². The summed E-state index contributed by atoms with van der Waals surface area (Å²) < 4.78 is 10.9. The van der Waals surface area contributed by atoms with Gasteiger partial charge in [-0.25, -0.2) is 0 Å². The number of benzene rings is 1. The highest BCUT2D eigenvalue weighted by Crippen LogP contribution is 2.39. The van der Waals surface area contributed by atoms with E-state index in [9.17, 15) is 4.79 Å². The van der Waals surface area contributed by atoms with Gasteiger partial charge >= 0.3 is 0 Å². The van der Waals surface area contributed by atoms with Gasteiger partial charge < -0.3 is 15.2 Å². The molecule has 2 N–H and O–H groups in total. The molecule has 0 radical (unpaired) electrons. The molecule has 4 heteroatoms. The minimum atomic E-state index is 0.0383. The lowest BCUT2D eigenvalue weighted by atomic mass is 9.98. The van der Waals surface area contributed by atoms with E-state index < -0.39 is 0 Å². The molecule has 4 nitrogen and oxygen atoms in total. The zero-order chi connectivity index (χ0) is 12.4. The van der Waals surface area contributed by atoms with Crippen LogP contribution in [0.2, 0.25) is 0 Å². The van der Waals surface area contributed by atoms with Crippen LogP contribution in [0.25, 0.3) is 0 Å². The zero-order valence-electron chi connectivity index (χ0n) is 10.2. The number of ether oxygens (including phenoxy) is 2. The van der Waals surface area contributed by atoms with Crippen LogP contribution in [-0.2, 0) is 6.42 Å². The molecule has 2 rings (SSSR count). The van der Waals surface area contributed by atoms with Crippen LogP contribution >= 0.6 is 0 Å². The number of carbonyl (C=O) groups excluding carboxylic acids is 1. The molecule has 0 amide bonds. The number of Topliss-reactive ketones (excluding diaryl/α,β-unsaturated/α-hetero) is 1. The van der Waals surface area contributed by atoms with E-state index in [-0.39, 0.29) is 5.78 Å². The molecule has 0 saturated heterocycles. The van der Waals surface area contributed by atoms with Crippen molar-refractivity contribution < 1.29 is 14.3 Å². The third-order valence-corrected chi connectivity index (χ3v) is 2.99. The van der Waals surface area contributed by atoms with Crippen LogP contribution in [-0.4, -0.2) is 26.0 Å². The number of aryl methyl sites for hydroxylation is 1. The third-order valence-electron chi connectivity index (χ3n) is 2.99. The van der Waals surface area contributed by atoms with Crippen LogP contribution in [0, 0.1) is 6.92 Å². The molecule has 0 fully saturated rings. The largest absolute Gasteiger partial charge is 0.496 e. The first-order valence-electron chi connectivity index (χ1n) is 5.75. The fourth-order valence-corrected chi connectivity index (χ4v) is 2.26. The first-order valence-corrected chi connectivity index (χ1v) is 5.75. The van der Waals surface area contributed by atoms with Crippen LogP contribution in [0.1, 0.15) is 27.9 Å². The van der Waals surface area contributed by atoms with Gasteiger partial charge in [-0.2, -0.15) is 0 Å². The van der Waals surface area contributed by atoms with Crippen LogP contribution in [0.3, 0.4) is 0 Å². The van der Waals surface area contributed by atoms with E-state index in [4.69, 9.17) is 15.2 Å². The number of methoxy groups -OCH3 is 1. The van der Waals surface area contributed by atoms with Crippen molar-refractivity contribution in [1.29, 1.82) is 0 Å². The molecule has 92 valence electrons. The highest BCUT2D eigenvalue weighted by atomic mass is 16.5. The normalized spacial score (nSPS) is 13.1. The number of rotatable bonds is 4. The van der Waals surface area contributed by atoms with E-state index in [1.165, 1.54) is 0 Å². The van der Waals surface area contributed by atoms with Crippen LogP contribution < -0.4 is 15.2 Å². The average Bonchev–Trinajstić information content (AvgIpc) is 2.77. The Balaban J connectivity index is 2.52. The number of hydrogen-bond donors (Lipinski definition) is 1. The molecule has 0 bridgehead atoms. The van der Waals surface area contributed by atoms with Gasteiger partial charge in [0.1, 0.15) is 11.5 Å². The van der Waals surface area contributed by atoms with Crippen molar-refractivity contribution in [3.05, 3.63) is 22.8 Å². The Kier molecular flexibility index (Phi) is 3.33. The van der Waals surface area contributed by atoms with Crippen molar-refractivity contribution in [3.8, 4) is 11.5 Å². The summed E-state index contributed by atoms with van der Waals surface area (Å²) in [5, 5.41) is 0. The molecule has 1 aromatic rings. The lowest BCUT2D eigenvalue weighted by Gasteiger charge is -2.13. The molecule has 1 aliphatic heterocycles. The number of nitrogens with two attached hydrogens (primary N) is 1. The van der Waals surface area contributed by atoms with Crippen molar-refractivity contribution >= 4 is 5.78 Å². The van der Waals surface area contributed by atoms with Gasteiger partial charge in [0.15, 0.2) is 5.78 Å². The van der Waals surface area contributed by atoms with Gasteiger partial charge in [0, 0.05) is 18.4 Å². The predicted octanol–water partition coefficient (Wildman–Crippen LogP) is 1.47. The Morgan fingerprint density at radius 1 is 1.59 bits per heavy atom. The number of fused-ring (bicyclic) bond motifs is 1. The maximum Gasteiger partial charge on any atom is 0.167 e. The fraction of sp³-hybridized carbons (Fsp3) is 0.462. The molecular weight excluding hydrogens is 218 g/mol.